The largest absolute Gasteiger partial charge is 0.375 e. The van der Waals surface area contributed by atoms with Crippen LogP contribution in [0.3, 0.4) is 0 Å². The first-order chi connectivity index (χ1) is 5.52. The number of ether oxygens (including phenoxy) is 1. The maximum atomic E-state index is 10.7. The van der Waals surface area contributed by atoms with Crippen LogP contribution in [0.5, 0.6) is 0 Å². The minimum atomic E-state index is -0.0913. The summed E-state index contributed by atoms with van der Waals surface area (Å²) in [6, 6.07) is 0. The number of hydrogen-bond acceptors (Lipinski definition) is 2. The van der Waals surface area contributed by atoms with Gasteiger partial charge in [0.2, 0.25) is 0 Å². The lowest BCUT2D eigenvalue weighted by molar-refractivity contribution is -0.112. The Kier molecular flexibility index (Phi) is 2.68. The van der Waals surface area contributed by atoms with Crippen molar-refractivity contribution in [2.45, 2.75) is 32.8 Å². The number of carbonyl (C=O) groups is 1. The molecule has 0 radical (unpaired) electrons. The van der Waals surface area contributed by atoms with Crippen LogP contribution in [-0.4, -0.2) is 18.0 Å². The summed E-state index contributed by atoms with van der Waals surface area (Å²) in [6.45, 7) is 6.50. The highest BCUT2D eigenvalue weighted by Crippen LogP contribution is 2.32. The van der Waals surface area contributed by atoms with Crippen LogP contribution >= 0.6 is 0 Å². The summed E-state index contributed by atoms with van der Waals surface area (Å²) in [5.41, 5.74) is -0.0913. The molecule has 0 aromatic carbocycles. The molecule has 0 aromatic rings. The molecule has 1 fully saturated rings. The van der Waals surface area contributed by atoms with Gasteiger partial charge in [-0.25, -0.2) is 0 Å². The highest BCUT2D eigenvalue weighted by Gasteiger charge is 2.33. The van der Waals surface area contributed by atoms with E-state index < -0.39 is 0 Å². The van der Waals surface area contributed by atoms with Crippen molar-refractivity contribution in [3.63, 3.8) is 0 Å². The zero-order chi connectivity index (χ0) is 9.19. The third kappa shape index (κ3) is 2.18. The second-order valence-electron chi connectivity index (χ2n) is 3.82. The molecule has 0 bridgehead atoms. The van der Waals surface area contributed by atoms with Crippen LogP contribution in [0.4, 0.5) is 0 Å². The SMILES string of the molecule is CC(=O)/C=C/[C@H]1CCOC1(C)C. The lowest BCUT2D eigenvalue weighted by Crippen LogP contribution is -2.25. The van der Waals surface area contributed by atoms with Gasteiger partial charge in [-0.1, -0.05) is 6.08 Å². The Hall–Kier alpha value is -0.630. The topological polar surface area (TPSA) is 26.3 Å². The van der Waals surface area contributed by atoms with E-state index >= 15 is 0 Å². The van der Waals surface area contributed by atoms with Crippen molar-refractivity contribution in [1.29, 1.82) is 0 Å². The molecule has 0 amide bonds. The molecule has 0 unspecified atom stereocenters. The van der Waals surface area contributed by atoms with Crippen molar-refractivity contribution in [3.8, 4) is 0 Å². The van der Waals surface area contributed by atoms with E-state index in [9.17, 15) is 4.79 Å². The molecule has 1 heterocycles. The first-order valence-corrected chi connectivity index (χ1v) is 4.35. The van der Waals surface area contributed by atoms with E-state index in [0.717, 1.165) is 13.0 Å². The molecule has 0 aliphatic carbocycles. The van der Waals surface area contributed by atoms with Gasteiger partial charge in [0.1, 0.15) is 0 Å². The second kappa shape index (κ2) is 3.40. The highest BCUT2D eigenvalue weighted by molar-refractivity contribution is 5.87. The summed E-state index contributed by atoms with van der Waals surface area (Å²) in [5, 5.41) is 0. The van der Waals surface area contributed by atoms with E-state index in [1.54, 1.807) is 13.0 Å². The average Bonchev–Trinajstić information content (AvgIpc) is 2.25. The molecule has 2 nitrogen and oxygen atoms in total. The summed E-state index contributed by atoms with van der Waals surface area (Å²) in [5.74, 6) is 0.499. The van der Waals surface area contributed by atoms with Crippen LogP contribution < -0.4 is 0 Å². The van der Waals surface area contributed by atoms with Crippen molar-refractivity contribution in [2.24, 2.45) is 5.92 Å². The number of carbonyl (C=O) groups excluding carboxylic acids is 1. The molecule has 12 heavy (non-hydrogen) atoms. The first kappa shape index (κ1) is 9.46. The summed E-state index contributed by atoms with van der Waals surface area (Å²) < 4.78 is 5.52. The van der Waals surface area contributed by atoms with Crippen molar-refractivity contribution in [1.82, 2.24) is 0 Å². The van der Waals surface area contributed by atoms with Crippen molar-refractivity contribution in [3.05, 3.63) is 12.2 Å². The summed E-state index contributed by atoms with van der Waals surface area (Å²) in [4.78, 5) is 10.7. The Balaban J connectivity index is 2.58. The zero-order valence-corrected chi connectivity index (χ0v) is 7.96. The number of rotatable bonds is 2. The Labute approximate surface area is 73.6 Å². The first-order valence-electron chi connectivity index (χ1n) is 4.35. The Bertz CT molecular complexity index is 204. The molecule has 0 spiro atoms. The summed E-state index contributed by atoms with van der Waals surface area (Å²) in [6.07, 6.45) is 4.63. The van der Waals surface area contributed by atoms with Crippen LogP contribution in [0.1, 0.15) is 27.2 Å². The van der Waals surface area contributed by atoms with Crippen molar-refractivity contribution >= 4 is 5.78 Å². The van der Waals surface area contributed by atoms with Crippen molar-refractivity contribution < 1.29 is 9.53 Å². The van der Waals surface area contributed by atoms with Crippen LogP contribution in [-0.2, 0) is 9.53 Å². The maximum Gasteiger partial charge on any atom is 0.152 e. The zero-order valence-electron chi connectivity index (χ0n) is 7.96. The van der Waals surface area contributed by atoms with Gasteiger partial charge in [-0.2, -0.15) is 0 Å². The second-order valence-corrected chi connectivity index (χ2v) is 3.82. The van der Waals surface area contributed by atoms with Gasteiger partial charge in [0.05, 0.1) is 5.60 Å². The molecule has 68 valence electrons. The standard InChI is InChI=1S/C10H16O2/c1-8(11)4-5-9-6-7-12-10(9,2)3/h4-5,9H,6-7H2,1-3H3/b5-4+/t9-/m0/s1. The van der Waals surface area contributed by atoms with E-state index in [2.05, 4.69) is 13.8 Å². The predicted octanol–water partition coefficient (Wildman–Crippen LogP) is 1.95. The quantitative estimate of drug-likeness (QED) is 0.589. The van der Waals surface area contributed by atoms with E-state index in [4.69, 9.17) is 4.74 Å². The van der Waals surface area contributed by atoms with Gasteiger partial charge in [-0.15, -0.1) is 0 Å². The molecular weight excluding hydrogens is 152 g/mol. The molecule has 1 aliphatic rings. The fraction of sp³-hybridized carbons (Fsp3) is 0.700. The molecule has 0 N–H and O–H groups in total. The van der Waals surface area contributed by atoms with E-state index in [1.807, 2.05) is 6.08 Å². The molecule has 1 saturated heterocycles. The van der Waals surface area contributed by atoms with Gasteiger partial charge < -0.3 is 4.74 Å². The lowest BCUT2D eigenvalue weighted by Gasteiger charge is -2.22. The maximum absolute atomic E-state index is 10.7. The fourth-order valence-corrected chi connectivity index (χ4v) is 1.48. The molecule has 1 aliphatic heterocycles. The molecular formula is C10H16O2. The Morgan fingerprint density at radius 2 is 2.25 bits per heavy atom. The van der Waals surface area contributed by atoms with Crippen LogP contribution in [0.2, 0.25) is 0 Å². The van der Waals surface area contributed by atoms with E-state index in [1.165, 1.54) is 0 Å². The lowest BCUT2D eigenvalue weighted by atomic mass is 9.90. The predicted molar refractivity (Wildman–Crippen MR) is 48.0 cm³/mol. The molecule has 1 rings (SSSR count). The number of hydrogen-bond donors (Lipinski definition) is 0. The third-order valence-electron chi connectivity index (χ3n) is 2.36. The number of ketones is 1. The van der Waals surface area contributed by atoms with Crippen LogP contribution in [0, 0.1) is 5.92 Å². The van der Waals surface area contributed by atoms with Gasteiger partial charge in [0, 0.05) is 12.5 Å². The molecule has 2 heteroatoms. The van der Waals surface area contributed by atoms with E-state index in [0.29, 0.717) is 5.92 Å². The van der Waals surface area contributed by atoms with Crippen molar-refractivity contribution in [2.75, 3.05) is 6.61 Å². The summed E-state index contributed by atoms with van der Waals surface area (Å²) in [7, 11) is 0. The summed E-state index contributed by atoms with van der Waals surface area (Å²) >= 11 is 0. The van der Waals surface area contributed by atoms with E-state index in [-0.39, 0.29) is 11.4 Å². The van der Waals surface area contributed by atoms with Gasteiger partial charge in [-0.05, 0) is 33.3 Å². The highest BCUT2D eigenvalue weighted by atomic mass is 16.5. The van der Waals surface area contributed by atoms with Gasteiger partial charge in [0.25, 0.3) is 0 Å². The molecule has 0 aromatic heterocycles. The average molecular weight is 168 g/mol. The van der Waals surface area contributed by atoms with Gasteiger partial charge in [-0.3, -0.25) is 4.79 Å². The minimum Gasteiger partial charge on any atom is -0.375 e. The van der Waals surface area contributed by atoms with Crippen LogP contribution in [0.15, 0.2) is 12.2 Å². The van der Waals surface area contributed by atoms with Gasteiger partial charge in [0.15, 0.2) is 5.78 Å². The van der Waals surface area contributed by atoms with Gasteiger partial charge >= 0.3 is 0 Å². The Morgan fingerprint density at radius 1 is 1.58 bits per heavy atom. The minimum absolute atomic E-state index is 0.0913. The molecule has 1 atom stereocenters. The number of allylic oxidation sites excluding steroid dienone is 1. The Morgan fingerprint density at radius 3 is 2.67 bits per heavy atom. The monoisotopic (exact) mass is 168 g/mol. The molecule has 0 saturated carbocycles. The third-order valence-corrected chi connectivity index (χ3v) is 2.36. The normalized spacial score (nSPS) is 28.1. The smallest absolute Gasteiger partial charge is 0.152 e. The fourth-order valence-electron chi connectivity index (χ4n) is 1.48. The van der Waals surface area contributed by atoms with Crippen LogP contribution in [0.25, 0.3) is 0 Å².